The van der Waals surface area contributed by atoms with E-state index in [9.17, 15) is 14.7 Å². The van der Waals surface area contributed by atoms with Crippen LogP contribution in [0.25, 0.3) is 11.3 Å². The molecule has 1 heterocycles. The topological polar surface area (TPSA) is 89.4 Å². The smallest absolute Gasteiger partial charge is 0.305 e. The van der Waals surface area contributed by atoms with Crippen LogP contribution in [0.5, 0.6) is 0 Å². The number of nitrogens with zero attached hydrogens (tertiary/aromatic N) is 2. The third-order valence-electron chi connectivity index (χ3n) is 8.17. The summed E-state index contributed by atoms with van der Waals surface area (Å²) in [7, 11) is 1.40. The second kappa shape index (κ2) is 9.92. The number of esters is 1. The molecule has 0 unspecified atom stereocenters. The predicted octanol–water partition coefficient (Wildman–Crippen LogP) is 5.46. The first-order valence-corrected chi connectivity index (χ1v) is 12.9. The number of aryl methyl sites for hydroxylation is 2. The molecule has 1 aromatic heterocycles. The number of hydrogen-bond acceptors (Lipinski definition) is 6. The van der Waals surface area contributed by atoms with Gasteiger partial charge in [-0.1, -0.05) is 55.5 Å². The van der Waals surface area contributed by atoms with E-state index in [0.29, 0.717) is 30.7 Å². The van der Waals surface area contributed by atoms with Crippen LogP contribution in [-0.4, -0.2) is 33.9 Å². The predicted molar refractivity (Wildman–Crippen MR) is 141 cm³/mol. The molecule has 1 N–H and O–H groups in total. The Labute approximate surface area is 217 Å². The largest absolute Gasteiger partial charge is 0.515 e. The van der Waals surface area contributed by atoms with Crippen LogP contribution in [0.2, 0.25) is 0 Å². The van der Waals surface area contributed by atoms with Crippen LogP contribution >= 0.6 is 0 Å². The van der Waals surface area contributed by atoms with Gasteiger partial charge in [0.15, 0.2) is 5.78 Å². The summed E-state index contributed by atoms with van der Waals surface area (Å²) < 4.78 is 4.81. The molecule has 0 spiro atoms. The van der Waals surface area contributed by atoms with Crippen LogP contribution < -0.4 is 0 Å². The maximum absolute atomic E-state index is 13.1. The maximum atomic E-state index is 13.1. The fourth-order valence-corrected chi connectivity index (χ4v) is 6.44. The Balaban J connectivity index is 1.70. The molecular weight excluding hydrogens is 464 g/mol. The SMILES string of the molecule is COC(=O)CCc1cccc(-c2nc(C)nc3c2CC[C@H]2[C@H](C)C(=O)/C(=C\O)C[C@]32c2ccccc2)c1. The van der Waals surface area contributed by atoms with Crippen molar-refractivity contribution in [3.8, 4) is 11.3 Å². The summed E-state index contributed by atoms with van der Waals surface area (Å²) >= 11 is 0. The number of aliphatic hydroxyl groups excluding tert-OH is 1. The number of carbonyl (C=O) groups excluding carboxylic acids is 2. The molecule has 1 fully saturated rings. The van der Waals surface area contributed by atoms with Gasteiger partial charge in [-0.15, -0.1) is 0 Å². The molecule has 6 heteroatoms. The monoisotopic (exact) mass is 496 g/mol. The summed E-state index contributed by atoms with van der Waals surface area (Å²) in [6.45, 7) is 3.89. The van der Waals surface area contributed by atoms with Gasteiger partial charge < -0.3 is 9.84 Å². The number of carbonyl (C=O) groups is 2. The summed E-state index contributed by atoms with van der Waals surface area (Å²) in [5, 5.41) is 10.1. The first-order valence-electron chi connectivity index (χ1n) is 12.9. The third kappa shape index (κ3) is 4.24. The molecule has 0 aliphatic heterocycles. The van der Waals surface area contributed by atoms with E-state index in [1.54, 1.807) is 0 Å². The molecule has 37 heavy (non-hydrogen) atoms. The van der Waals surface area contributed by atoms with Crippen molar-refractivity contribution >= 4 is 11.8 Å². The van der Waals surface area contributed by atoms with Gasteiger partial charge >= 0.3 is 5.97 Å². The molecule has 5 rings (SSSR count). The lowest BCUT2D eigenvalue weighted by Crippen LogP contribution is -2.51. The zero-order chi connectivity index (χ0) is 26.2. The van der Waals surface area contributed by atoms with Crippen molar-refractivity contribution in [2.45, 2.75) is 51.4 Å². The first kappa shape index (κ1) is 24.9. The average molecular weight is 497 g/mol. The number of hydrogen-bond donors (Lipinski definition) is 1. The van der Waals surface area contributed by atoms with Crippen molar-refractivity contribution < 1.29 is 19.4 Å². The highest BCUT2D eigenvalue weighted by Gasteiger charge is 2.55. The number of ketones is 1. The first-order chi connectivity index (χ1) is 17.9. The molecule has 0 amide bonds. The minimum atomic E-state index is -0.540. The van der Waals surface area contributed by atoms with E-state index in [4.69, 9.17) is 14.7 Å². The summed E-state index contributed by atoms with van der Waals surface area (Å²) in [6.07, 6.45) is 3.91. The number of aliphatic hydroxyl groups is 1. The van der Waals surface area contributed by atoms with E-state index in [2.05, 4.69) is 24.3 Å². The minimum Gasteiger partial charge on any atom is -0.515 e. The van der Waals surface area contributed by atoms with Crippen molar-refractivity contribution in [2.24, 2.45) is 11.8 Å². The maximum Gasteiger partial charge on any atom is 0.305 e. The van der Waals surface area contributed by atoms with Crippen molar-refractivity contribution in [3.63, 3.8) is 0 Å². The van der Waals surface area contributed by atoms with Gasteiger partial charge in [0.2, 0.25) is 0 Å². The average Bonchev–Trinajstić information content (AvgIpc) is 2.93. The van der Waals surface area contributed by atoms with Gasteiger partial charge in [0.05, 0.1) is 24.8 Å². The number of ether oxygens (including phenoxy) is 1. The number of methoxy groups -OCH3 is 1. The van der Waals surface area contributed by atoms with Gasteiger partial charge in [-0.05, 0) is 55.7 Å². The fraction of sp³-hybridized carbons (Fsp3) is 0.355. The van der Waals surface area contributed by atoms with Crippen molar-refractivity contribution in [1.29, 1.82) is 0 Å². The zero-order valence-electron chi connectivity index (χ0n) is 21.5. The molecular formula is C31H32N2O4. The van der Waals surface area contributed by atoms with Crippen LogP contribution in [0.15, 0.2) is 66.4 Å². The van der Waals surface area contributed by atoms with E-state index in [-0.39, 0.29) is 23.6 Å². The molecule has 3 atom stereocenters. The number of allylic oxidation sites excluding steroid dienone is 1. The number of Topliss-reactive ketones (excluding diaryl/α,β-unsaturated/α-hetero) is 1. The lowest BCUT2D eigenvalue weighted by molar-refractivity contribution is -0.140. The third-order valence-corrected chi connectivity index (χ3v) is 8.17. The van der Waals surface area contributed by atoms with E-state index >= 15 is 0 Å². The van der Waals surface area contributed by atoms with Crippen LogP contribution in [0.1, 0.15) is 54.4 Å². The molecule has 1 saturated carbocycles. The lowest BCUT2D eigenvalue weighted by Gasteiger charge is -2.51. The summed E-state index contributed by atoms with van der Waals surface area (Å²) in [6, 6.07) is 18.4. The number of benzene rings is 2. The quantitative estimate of drug-likeness (QED) is 0.287. The van der Waals surface area contributed by atoms with E-state index in [1.165, 1.54) is 7.11 Å². The van der Waals surface area contributed by atoms with Gasteiger partial charge in [-0.2, -0.15) is 0 Å². The van der Waals surface area contributed by atoms with Gasteiger partial charge in [0.25, 0.3) is 0 Å². The van der Waals surface area contributed by atoms with Crippen molar-refractivity contribution in [3.05, 3.63) is 94.6 Å². The standard InChI is InChI=1S/C31H32N2O4/c1-19-26-14-13-25-28(22-9-7-8-21(16-22)12-15-27(35)37-3)32-20(2)33-30(25)31(26,17-23(18-34)29(19)36)24-10-5-4-6-11-24/h4-11,16,18-19,26,34H,12-15,17H2,1-3H3/b23-18-/t19-,26-,31+/m0/s1. The highest BCUT2D eigenvalue weighted by Crippen LogP contribution is 2.56. The molecule has 0 bridgehead atoms. The Morgan fingerprint density at radius 1 is 1.16 bits per heavy atom. The van der Waals surface area contributed by atoms with Gasteiger partial charge in [0.1, 0.15) is 5.82 Å². The second-order valence-electron chi connectivity index (χ2n) is 10.2. The highest BCUT2D eigenvalue weighted by atomic mass is 16.5. The Hall–Kier alpha value is -3.80. The van der Waals surface area contributed by atoms with Crippen molar-refractivity contribution in [1.82, 2.24) is 9.97 Å². The zero-order valence-corrected chi connectivity index (χ0v) is 21.5. The summed E-state index contributed by atoms with van der Waals surface area (Å²) in [5.74, 6) is 0.286. The van der Waals surface area contributed by atoms with Crippen molar-refractivity contribution in [2.75, 3.05) is 7.11 Å². The van der Waals surface area contributed by atoms with E-state index < -0.39 is 5.41 Å². The van der Waals surface area contributed by atoms with Gasteiger partial charge in [-0.3, -0.25) is 9.59 Å². The molecule has 2 aliphatic carbocycles. The highest BCUT2D eigenvalue weighted by molar-refractivity contribution is 5.98. The van der Waals surface area contributed by atoms with Crippen LogP contribution in [0.3, 0.4) is 0 Å². The Morgan fingerprint density at radius 3 is 2.68 bits per heavy atom. The van der Waals surface area contributed by atoms with Gasteiger partial charge in [-0.25, -0.2) is 9.97 Å². The second-order valence-corrected chi connectivity index (χ2v) is 10.2. The normalized spacial score (nSPS) is 23.9. The summed E-state index contributed by atoms with van der Waals surface area (Å²) in [4.78, 5) is 34.8. The molecule has 190 valence electrons. The molecule has 6 nitrogen and oxygen atoms in total. The number of aromatic nitrogens is 2. The van der Waals surface area contributed by atoms with Crippen LogP contribution in [0, 0.1) is 18.8 Å². The molecule has 2 aliphatic rings. The van der Waals surface area contributed by atoms with Crippen LogP contribution in [0.4, 0.5) is 0 Å². The summed E-state index contributed by atoms with van der Waals surface area (Å²) in [5.41, 5.74) is 5.99. The van der Waals surface area contributed by atoms with Gasteiger partial charge in [0, 0.05) is 34.5 Å². The molecule has 0 saturated heterocycles. The fourth-order valence-electron chi connectivity index (χ4n) is 6.44. The Bertz CT molecular complexity index is 1380. The Kier molecular flexibility index (Phi) is 6.67. The molecule has 0 radical (unpaired) electrons. The van der Waals surface area contributed by atoms with E-state index in [1.807, 2.05) is 44.2 Å². The number of rotatable bonds is 5. The number of fused-ring (bicyclic) bond motifs is 3. The minimum absolute atomic E-state index is 0.0202. The lowest BCUT2D eigenvalue weighted by atomic mass is 9.52. The molecule has 3 aromatic rings. The van der Waals surface area contributed by atoms with E-state index in [0.717, 1.165) is 52.7 Å². The molecule has 2 aromatic carbocycles. The Morgan fingerprint density at radius 2 is 1.95 bits per heavy atom. The van der Waals surface area contributed by atoms with Crippen LogP contribution in [-0.2, 0) is 32.6 Å².